The average Bonchev–Trinajstić information content (AvgIpc) is 3.27. The van der Waals surface area contributed by atoms with Crippen LogP contribution in [0.2, 0.25) is 0 Å². The number of carboxylic acids is 1. The summed E-state index contributed by atoms with van der Waals surface area (Å²) in [4.78, 5) is 25.0. The van der Waals surface area contributed by atoms with Crippen molar-refractivity contribution < 1.29 is 14.7 Å². The Hall–Kier alpha value is -1.69. The first kappa shape index (κ1) is 14.3. The SMILES string of the molecule is O=C(O)C1CSCCN1C(=O)NC1CC1c1ccccc1. The van der Waals surface area contributed by atoms with Crippen LogP contribution in [0, 0.1) is 0 Å². The topological polar surface area (TPSA) is 69.6 Å². The molecule has 3 rings (SSSR count). The molecule has 2 N–H and O–H groups in total. The van der Waals surface area contributed by atoms with Crippen molar-refractivity contribution in [2.45, 2.75) is 24.4 Å². The van der Waals surface area contributed by atoms with Gasteiger partial charge in [-0.2, -0.15) is 11.8 Å². The minimum Gasteiger partial charge on any atom is -0.480 e. The number of hydrogen-bond donors (Lipinski definition) is 2. The van der Waals surface area contributed by atoms with Gasteiger partial charge in [0.25, 0.3) is 0 Å². The van der Waals surface area contributed by atoms with Crippen molar-refractivity contribution >= 4 is 23.8 Å². The Morgan fingerprint density at radius 2 is 2.05 bits per heavy atom. The average molecular weight is 306 g/mol. The molecule has 0 aromatic heterocycles. The van der Waals surface area contributed by atoms with E-state index >= 15 is 0 Å². The fourth-order valence-electron chi connectivity index (χ4n) is 2.72. The van der Waals surface area contributed by atoms with Crippen molar-refractivity contribution in [2.24, 2.45) is 0 Å². The molecule has 5 nitrogen and oxygen atoms in total. The minimum atomic E-state index is -0.923. The van der Waals surface area contributed by atoms with E-state index in [-0.39, 0.29) is 12.1 Å². The maximum absolute atomic E-state index is 12.3. The van der Waals surface area contributed by atoms with Crippen molar-refractivity contribution in [3.8, 4) is 0 Å². The molecular weight excluding hydrogens is 288 g/mol. The van der Waals surface area contributed by atoms with Crippen LogP contribution in [-0.4, -0.2) is 52.1 Å². The molecule has 1 aliphatic carbocycles. The van der Waals surface area contributed by atoms with Crippen molar-refractivity contribution in [3.63, 3.8) is 0 Å². The highest BCUT2D eigenvalue weighted by Gasteiger charge is 2.41. The van der Waals surface area contributed by atoms with Gasteiger partial charge >= 0.3 is 12.0 Å². The molecule has 21 heavy (non-hydrogen) atoms. The molecule has 1 saturated heterocycles. The molecule has 2 amide bonds. The van der Waals surface area contributed by atoms with Crippen LogP contribution in [0.1, 0.15) is 17.9 Å². The molecule has 1 aromatic carbocycles. The molecule has 6 heteroatoms. The lowest BCUT2D eigenvalue weighted by Crippen LogP contribution is -2.54. The van der Waals surface area contributed by atoms with E-state index in [9.17, 15) is 14.7 Å². The van der Waals surface area contributed by atoms with Gasteiger partial charge in [-0.05, 0) is 12.0 Å². The molecule has 3 atom stereocenters. The largest absolute Gasteiger partial charge is 0.480 e. The third-order valence-electron chi connectivity index (χ3n) is 4.00. The summed E-state index contributed by atoms with van der Waals surface area (Å²) in [6.07, 6.45) is 0.927. The maximum atomic E-state index is 12.3. The zero-order chi connectivity index (χ0) is 14.8. The van der Waals surface area contributed by atoms with Crippen LogP contribution >= 0.6 is 11.8 Å². The predicted molar refractivity (Wildman–Crippen MR) is 81.6 cm³/mol. The van der Waals surface area contributed by atoms with Crippen molar-refractivity contribution in [1.29, 1.82) is 0 Å². The number of carbonyl (C=O) groups excluding carboxylic acids is 1. The van der Waals surface area contributed by atoms with Crippen LogP contribution in [0.5, 0.6) is 0 Å². The first-order valence-electron chi connectivity index (χ1n) is 7.09. The Morgan fingerprint density at radius 3 is 2.76 bits per heavy atom. The monoisotopic (exact) mass is 306 g/mol. The highest BCUT2D eigenvalue weighted by atomic mass is 32.2. The number of hydrogen-bond acceptors (Lipinski definition) is 3. The van der Waals surface area contributed by atoms with Crippen molar-refractivity contribution in [2.75, 3.05) is 18.1 Å². The van der Waals surface area contributed by atoms with Crippen LogP contribution in [0.25, 0.3) is 0 Å². The molecule has 0 spiro atoms. The van der Waals surface area contributed by atoms with Crippen LogP contribution in [0.4, 0.5) is 4.79 Å². The maximum Gasteiger partial charge on any atom is 0.327 e. The van der Waals surface area contributed by atoms with Gasteiger partial charge in [0.2, 0.25) is 0 Å². The van der Waals surface area contributed by atoms with E-state index in [0.29, 0.717) is 18.2 Å². The second-order valence-electron chi connectivity index (χ2n) is 5.43. The highest BCUT2D eigenvalue weighted by Crippen LogP contribution is 2.40. The van der Waals surface area contributed by atoms with Crippen molar-refractivity contribution in [3.05, 3.63) is 35.9 Å². The fraction of sp³-hybridized carbons (Fsp3) is 0.467. The lowest BCUT2D eigenvalue weighted by Gasteiger charge is -2.32. The van der Waals surface area contributed by atoms with E-state index in [1.807, 2.05) is 18.2 Å². The molecule has 3 unspecified atom stereocenters. The van der Waals surface area contributed by atoms with Gasteiger partial charge < -0.3 is 15.3 Å². The molecule has 1 aromatic rings. The molecule has 2 fully saturated rings. The first-order valence-corrected chi connectivity index (χ1v) is 8.25. The standard InChI is InChI=1S/C15H18N2O3S/c18-14(19)13-9-21-7-6-17(13)15(20)16-12-8-11(12)10-4-2-1-3-5-10/h1-5,11-13H,6-9H2,(H,16,20)(H,18,19). The summed E-state index contributed by atoms with van der Waals surface area (Å²) < 4.78 is 0. The summed E-state index contributed by atoms with van der Waals surface area (Å²) in [5.74, 6) is 0.699. The summed E-state index contributed by atoms with van der Waals surface area (Å²) in [7, 11) is 0. The molecular formula is C15H18N2O3S. The van der Waals surface area contributed by atoms with E-state index in [2.05, 4.69) is 17.4 Å². The molecule has 1 saturated carbocycles. The van der Waals surface area contributed by atoms with E-state index in [0.717, 1.165) is 12.2 Å². The number of urea groups is 1. The third-order valence-corrected chi connectivity index (χ3v) is 5.02. The third kappa shape index (κ3) is 3.15. The van der Waals surface area contributed by atoms with Gasteiger partial charge in [-0.3, -0.25) is 0 Å². The predicted octanol–water partition coefficient (Wildman–Crippen LogP) is 1.75. The quantitative estimate of drug-likeness (QED) is 0.893. The number of rotatable bonds is 3. The lowest BCUT2D eigenvalue weighted by molar-refractivity contribution is -0.141. The Kier molecular flexibility index (Phi) is 4.05. The van der Waals surface area contributed by atoms with Gasteiger partial charge in [-0.25, -0.2) is 9.59 Å². The zero-order valence-electron chi connectivity index (χ0n) is 11.6. The summed E-state index contributed by atoms with van der Waals surface area (Å²) >= 11 is 1.58. The molecule has 112 valence electrons. The van der Waals surface area contributed by atoms with E-state index in [4.69, 9.17) is 0 Å². The Balaban J connectivity index is 1.58. The van der Waals surface area contributed by atoms with Crippen LogP contribution < -0.4 is 5.32 Å². The summed E-state index contributed by atoms with van der Waals surface area (Å²) in [6.45, 7) is 0.496. The van der Waals surface area contributed by atoms with Crippen LogP contribution in [0.15, 0.2) is 30.3 Å². The number of carboxylic acid groups (broad SMARTS) is 1. The summed E-state index contributed by atoms with van der Waals surface area (Å²) in [5.41, 5.74) is 1.23. The van der Waals surface area contributed by atoms with Gasteiger partial charge in [-0.1, -0.05) is 30.3 Å². The molecule has 2 aliphatic rings. The van der Waals surface area contributed by atoms with E-state index in [1.54, 1.807) is 11.8 Å². The smallest absolute Gasteiger partial charge is 0.327 e. The van der Waals surface area contributed by atoms with E-state index in [1.165, 1.54) is 10.5 Å². The number of nitrogens with zero attached hydrogens (tertiary/aromatic N) is 1. The minimum absolute atomic E-state index is 0.129. The number of aliphatic carboxylic acids is 1. The molecule has 0 radical (unpaired) electrons. The Bertz CT molecular complexity index is 537. The van der Waals surface area contributed by atoms with Crippen LogP contribution in [-0.2, 0) is 4.79 Å². The van der Waals surface area contributed by atoms with E-state index < -0.39 is 12.0 Å². The number of nitrogens with one attached hydrogen (secondary N) is 1. The number of amides is 2. The summed E-state index contributed by atoms with van der Waals surface area (Å²) in [5, 5.41) is 12.2. The zero-order valence-corrected chi connectivity index (χ0v) is 12.4. The van der Waals surface area contributed by atoms with Crippen LogP contribution in [0.3, 0.4) is 0 Å². The highest BCUT2D eigenvalue weighted by molar-refractivity contribution is 7.99. The second-order valence-corrected chi connectivity index (χ2v) is 6.58. The molecule has 0 bridgehead atoms. The van der Waals surface area contributed by atoms with Crippen molar-refractivity contribution in [1.82, 2.24) is 10.2 Å². The Labute approximate surface area is 127 Å². The normalized spacial score (nSPS) is 28.0. The van der Waals surface area contributed by atoms with Gasteiger partial charge in [0.05, 0.1) is 0 Å². The molecule has 1 aliphatic heterocycles. The summed E-state index contributed by atoms with van der Waals surface area (Å²) in [6, 6.07) is 9.27. The van der Waals surface area contributed by atoms with Gasteiger partial charge in [-0.15, -0.1) is 0 Å². The Morgan fingerprint density at radius 1 is 1.29 bits per heavy atom. The van der Waals surface area contributed by atoms with Gasteiger partial charge in [0, 0.05) is 30.0 Å². The lowest BCUT2D eigenvalue weighted by atomic mass is 10.1. The molecule has 1 heterocycles. The number of benzene rings is 1. The number of thioether (sulfide) groups is 1. The van der Waals surface area contributed by atoms with Gasteiger partial charge in [0.15, 0.2) is 0 Å². The van der Waals surface area contributed by atoms with Gasteiger partial charge in [0.1, 0.15) is 6.04 Å². The second kappa shape index (κ2) is 5.97. The first-order chi connectivity index (χ1) is 10.2. The fourth-order valence-corrected chi connectivity index (χ4v) is 3.75. The number of carbonyl (C=O) groups is 2.